The molecule has 7 heteroatoms. The lowest BCUT2D eigenvalue weighted by atomic mass is 9.92. The molecule has 1 aliphatic heterocycles. The number of rotatable bonds is 6. The zero-order valence-electron chi connectivity index (χ0n) is 18.7. The van der Waals surface area contributed by atoms with Gasteiger partial charge in [-0.2, -0.15) is 5.26 Å². The molecule has 1 saturated carbocycles. The molecule has 0 radical (unpaired) electrons. The predicted molar refractivity (Wildman–Crippen MR) is 125 cm³/mol. The topological polar surface area (TPSA) is 85.5 Å². The van der Waals surface area contributed by atoms with E-state index in [2.05, 4.69) is 22.0 Å². The van der Waals surface area contributed by atoms with Gasteiger partial charge in [-0.25, -0.2) is 4.79 Å². The third-order valence-corrected chi connectivity index (χ3v) is 6.40. The number of nitriles is 1. The van der Waals surface area contributed by atoms with Crippen LogP contribution in [0.1, 0.15) is 44.2 Å². The van der Waals surface area contributed by atoms with Gasteiger partial charge in [0.15, 0.2) is 0 Å². The van der Waals surface area contributed by atoms with Crippen LogP contribution in [-0.4, -0.2) is 36.6 Å². The van der Waals surface area contributed by atoms with Crippen molar-refractivity contribution >= 4 is 22.7 Å². The Labute approximate surface area is 192 Å². The number of carbonyl (C=O) groups is 1. The number of anilines is 1. The van der Waals surface area contributed by atoms with Gasteiger partial charge in [-0.1, -0.05) is 12.1 Å². The number of aromatic nitrogens is 1. The SMILES string of the molecule is CCOC(=O)Nc1ccc(-c2c(C#N)c3ccc(OC4CCOC4)cc3n2C2CCC2)cc1. The van der Waals surface area contributed by atoms with E-state index < -0.39 is 6.09 Å². The summed E-state index contributed by atoms with van der Waals surface area (Å²) in [4.78, 5) is 11.7. The van der Waals surface area contributed by atoms with Crippen LogP contribution in [0, 0.1) is 11.3 Å². The highest BCUT2D eigenvalue weighted by Gasteiger charge is 2.28. The molecule has 1 atom stereocenters. The van der Waals surface area contributed by atoms with Crippen molar-refractivity contribution in [3.05, 3.63) is 48.0 Å². The summed E-state index contributed by atoms with van der Waals surface area (Å²) < 4.78 is 18.9. The number of hydrogen-bond donors (Lipinski definition) is 1. The van der Waals surface area contributed by atoms with E-state index in [0.717, 1.165) is 53.8 Å². The maximum Gasteiger partial charge on any atom is 0.411 e. The number of fused-ring (bicyclic) bond motifs is 1. The maximum absolute atomic E-state index is 11.7. The van der Waals surface area contributed by atoms with Crippen molar-refractivity contribution in [1.82, 2.24) is 4.57 Å². The molecule has 1 amide bonds. The van der Waals surface area contributed by atoms with Gasteiger partial charge in [0, 0.05) is 29.6 Å². The standard InChI is InChI=1S/C26H27N3O4/c1-2-32-26(30)28-18-8-6-17(7-9-18)25-23(15-27)22-11-10-20(33-21-12-13-31-16-21)14-24(22)29(25)19-4-3-5-19/h6-11,14,19,21H,2-5,12-13,16H2,1H3,(H,28,30). The van der Waals surface area contributed by atoms with Gasteiger partial charge >= 0.3 is 6.09 Å². The summed E-state index contributed by atoms with van der Waals surface area (Å²) in [7, 11) is 0. The molecule has 1 aliphatic carbocycles. The van der Waals surface area contributed by atoms with E-state index in [-0.39, 0.29) is 6.10 Å². The van der Waals surface area contributed by atoms with Crippen molar-refractivity contribution in [2.45, 2.75) is 44.8 Å². The van der Waals surface area contributed by atoms with E-state index in [0.29, 0.717) is 30.5 Å². The third-order valence-electron chi connectivity index (χ3n) is 6.40. The maximum atomic E-state index is 11.7. The first-order chi connectivity index (χ1) is 16.2. The molecule has 0 spiro atoms. The fourth-order valence-corrected chi connectivity index (χ4v) is 4.58. The second-order valence-electron chi connectivity index (χ2n) is 8.50. The van der Waals surface area contributed by atoms with Crippen LogP contribution in [0.25, 0.3) is 22.2 Å². The van der Waals surface area contributed by atoms with Gasteiger partial charge in [0.05, 0.1) is 36.6 Å². The molecule has 5 rings (SSSR count). The first-order valence-electron chi connectivity index (χ1n) is 11.5. The molecular weight excluding hydrogens is 418 g/mol. The quantitative estimate of drug-likeness (QED) is 0.531. The van der Waals surface area contributed by atoms with Crippen LogP contribution >= 0.6 is 0 Å². The van der Waals surface area contributed by atoms with Crippen LogP contribution in [0.4, 0.5) is 10.5 Å². The van der Waals surface area contributed by atoms with Crippen molar-refractivity contribution in [3.63, 3.8) is 0 Å². The molecule has 170 valence electrons. The molecular formula is C26H27N3O4. The molecule has 7 nitrogen and oxygen atoms in total. The van der Waals surface area contributed by atoms with Crippen molar-refractivity contribution in [2.75, 3.05) is 25.1 Å². The minimum Gasteiger partial charge on any atom is -0.488 e. The largest absolute Gasteiger partial charge is 0.488 e. The Balaban J connectivity index is 1.55. The lowest BCUT2D eigenvalue weighted by Gasteiger charge is -2.30. The summed E-state index contributed by atoms with van der Waals surface area (Å²) in [6.07, 6.45) is 3.85. The summed E-state index contributed by atoms with van der Waals surface area (Å²) in [5, 5.41) is 13.8. The second-order valence-corrected chi connectivity index (χ2v) is 8.50. The first-order valence-corrected chi connectivity index (χ1v) is 11.5. The van der Waals surface area contributed by atoms with Gasteiger partial charge in [0.2, 0.25) is 0 Å². The minimum atomic E-state index is -0.480. The molecule has 2 aliphatic rings. The number of hydrogen-bond acceptors (Lipinski definition) is 5. The highest BCUT2D eigenvalue weighted by atomic mass is 16.5. The van der Waals surface area contributed by atoms with Gasteiger partial charge < -0.3 is 18.8 Å². The third kappa shape index (κ3) is 4.14. The van der Waals surface area contributed by atoms with E-state index >= 15 is 0 Å². The molecule has 0 bridgehead atoms. The number of nitrogens with zero attached hydrogens (tertiary/aromatic N) is 2. The molecule has 2 fully saturated rings. The van der Waals surface area contributed by atoms with E-state index in [1.165, 1.54) is 6.42 Å². The smallest absolute Gasteiger partial charge is 0.411 e. The molecule has 2 aromatic carbocycles. The lowest BCUT2D eigenvalue weighted by molar-refractivity contribution is 0.141. The molecule has 1 aromatic heterocycles. The van der Waals surface area contributed by atoms with Gasteiger partial charge in [-0.15, -0.1) is 0 Å². The van der Waals surface area contributed by atoms with E-state index in [4.69, 9.17) is 14.2 Å². The number of benzene rings is 2. The van der Waals surface area contributed by atoms with Crippen LogP contribution in [0.3, 0.4) is 0 Å². The predicted octanol–water partition coefficient (Wildman–Crippen LogP) is 5.64. The average molecular weight is 446 g/mol. The molecule has 33 heavy (non-hydrogen) atoms. The lowest BCUT2D eigenvalue weighted by Crippen LogP contribution is -2.18. The summed E-state index contributed by atoms with van der Waals surface area (Å²) in [6, 6.07) is 16.4. The Morgan fingerprint density at radius 3 is 2.67 bits per heavy atom. The van der Waals surface area contributed by atoms with Crippen molar-refractivity contribution in [1.29, 1.82) is 5.26 Å². The van der Waals surface area contributed by atoms with Gasteiger partial charge in [0.1, 0.15) is 17.9 Å². The molecule has 2 heterocycles. The molecule has 1 saturated heterocycles. The van der Waals surface area contributed by atoms with Crippen molar-refractivity contribution < 1.29 is 19.0 Å². The highest BCUT2D eigenvalue weighted by Crippen LogP contribution is 2.43. The van der Waals surface area contributed by atoms with Crippen LogP contribution in [0.5, 0.6) is 5.75 Å². The Bertz CT molecular complexity index is 1200. The fourth-order valence-electron chi connectivity index (χ4n) is 4.58. The highest BCUT2D eigenvalue weighted by molar-refractivity contribution is 5.96. The number of carbonyl (C=O) groups excluding carboxylic acids is 1. The zero-order valence-corrected chi connectivity index (χ0v) is 18.7. The second kappa shape index (κ2) is 9.16. The number of ether oxygens (including phenoxy) is 3. The Morgan fingerprint density at radius 2 is 2.03 bits per heavy atom. The fraction of sp³-hybridized carbons (Fsp3) is 0.385. The normalized spacial score (nSPS) is 18.0. The van der Waals surface area contributed by atoms with Crippen LogP contribution in [-0.2, 0) is 9.47 Å². The summed E-state index contributed by atoms with van der Waals surface area (Å²) >= 11 is 0. The minimum absolute atomic E-state index is 0.0731. The Hall–Kier alpha value is -3.50. The average Bonchev–Trinajstić information content (AvgIpc) is 3.39. The molecule has 3 aromatic rings. The van der Waals surface area contributed by atoms with Crippen LogP contribution in [0.2, 0.25) is 0 Å². The van der Waals surface area contributed by atoms with Gasteiger partial charge in [-0.05, 0) is 56.0 Å². The van der Waals surface area contributed by atoms with E-state index in [1.54, 1.807) is 6.92 Å². The summed E-state index contributed by atoms with van der Waals surface area (Å²) in [5.74, 6) is 0.807. The van der Waals surface area contributed by atoms with Crippen LogP contribution < -0.4 is 10.1 Å². The van der Waals surface area contributed by atoms with Gasteiger partial charge in [-0.3, -0.25) is 5.32 Å². The number of amides is 1. The molecule has 1 unspecified atom stereocenters. The molecule has 1 N–H and O–H groups in total. The summed E-state index contributed by atoms with van der Waals surface area (Å²) in [6.45, 7) is 3.43. The van der Waals surface area contributed by atoms with E-state index in [1.807, 2.05) is 36.4 Å². The number of nitrogens with one attached hydrogen (secondary N) is 1. The first kappa shape index (κ1) is 21.4. The monoisotopic (exact) mass is 445 g/mol. The summed E-state index contributed by atoms with van der Waals surface area (Å²) in [5.41, 5.74) is 4.20. The van der Waals surface area contributed by atoms with Crippen molar-refractivity contribution in [3.8, 4) is 23.1 Å². The van der Waals surface area contributed by atoms with Crippen LogP contribution in [0.15, 0.2) is 42.5 Å². The Morgan fingerprint density at radius 1 is 1.21 bits per heavy atom. The van der Waals surface area contributed by atoms with Crippen molar-refractivity contribution in [2.24, 2.45) is 0 Å². The zero-order chi connectivity index (χ0) is 22.8. The Kier molecular flexibility index (Phi) is 5.93. The van der Waals surface area contributed by atoms with Gasteiger partial charge in [0.25, 0.3) is 0 Å². The van der Waals surface area contributed by atoms with E-state index in [9.17, 15) is 10.1 Å².